The number of carbonyl (C=O) groups is 1. The first kappa shape index (κ1) is 18.9. The summed E-state index contributed by atoms with van der Waals surface area (Å²) in [5.41, 5.74) is 3.91. The number of ether oxygens (including phenoxy) is 1. The molecule has 0 spiro atoms. The molecule has 0 aliphatic heterocycles. The second-order valence-corrected chi connectivity index (χ2v) is 6.97. The van der Waals surface area contributed by atoms with Crippen LogP contribution < -0.4 is 10.1 Å². The molecular formula is C21H18ClN5O2. The molecule has 29 heavy (non-hydrogen) atoms. The fourth-order valence-corrected chi connectivity index (χ4v) is 3.16. The highest BCUT2D eigenvalue weighted by Crippen LogP contribution is 2.23. The lowest BCUT2D eigenvalue weighted by atomic mass is 10.2. The van der Waals surface area contributed by atoms with Crippen LogP contribution in [0.5, 0.6) is 5.75 Å². The van der Waals surface area contributed by atoms with Gasteiger partial charge in [0, 0.05) is 33.9 Å². The smallest absolute Gasteiger partial charge is 0.278 e. The Kier molecular flexibility index (Phi) is 5.14. The van der Waals surface area contributed by atoms with Gasteiger partial charge in [-0.15, -0.1) is 0 Å². The maximum absolute atomic E-state index is 12.8. The second-order valence-electron chi connectivity index (χ2n) is 6.56. The molecule has 0 saturated heterocycles. The molecular weight excluding hydrogens is 390 g/mol. The van der Waals surface area contributed by atoms with E-state index in [-0.39, 0.29) is 18.2 Å². The first-order valence-electron chi connectivity index (χ1n) is 8.95. The van der Waals surface area contributed by atoms with Crippen LogP contribution in [0.15, 0.2) is 55.1 Å². The first-order chi connectivity index (χ1) is 14.0. The summed E-state index contributed by atoms with van der Waals surface area (Å²) in [5, 5.41) is 3.41. The Hall–Kier alpha value is -3.45. The molecule has 3 aromatic heterocycles. The van der Waals surface area contributed by atoms with E-state index in [2.05, 4.69) is 20.3 Å². The molecule has 146 valence electrons. The van der Waals surface area contributed by atoms with Gasteiger partial charge in [0.05, 0.1) is 6.20 Å². The van der Waals surface area contributed by atoms with E-state index in [9.17, 15) is 4.79 Å². The molecule has 1 N–H and O–H groups in total. The predicted molar refractivity (Wildman–Crippen MR) is 110 cm³/mol. The van der Waals surface area contributed by atoms with Crippen molar-refractivity contribution in [3.63, 3.8) is 0 Å². The highest BCUT2D eigenvalue weighted by Gasteiger charge is 2.17. The highest BCUT2D eigenvalue weighted by atomic mass is 35.5. The minimum absolute atomic E-state index is 0.252. The standard InChI is InChI=1S/C21H18ClN5O2/c1-13-8-14(2)27-12-24-19(20(27)25-13)21(28)26-16-5-6-18(22)15(9-16)11-29-17-4-3-7-23-10-17/h3-10,12H,11H2,1-2H3,(H,26,28). The molecule has 0 bridgehead atoms. The molecule has 7 nitrogen and oxygen atoms in total. The number of aryl methyl sites for hydroxylation is 2. The van der Waals surface area contributed by atoms with Gasteiger partial charge in [0.25, 0.3) is 5.91 Å². The third-order valence-corrected chi connectivity index (χ3v) is 4.74. The van der Waals surface area contributed by atoms with Gasteiger partial charge < -0.3 is 10.1 Å². The van der Waals surface area contributed by atoms with Crippen molar-refractivity contribution in [2.75, 3.05) is 5.32 Å². The van der Waals surface area contributed by atoms with Gasteiger partial charge in [0.1, 0.15) is 18.7 Å². The summed E-state index contributed by atoms with van der Waals surface area (Å²) in [6, 6.07) is 10.8. The van der Waals surface area contributed by atoms with Gasteiger partial charge in [-0.2, -0.15) is 0 Å². The van der Waals surface area contributed by atoms with Gasteiger partial charge in [-0.1, -0.05) is 11.6 Å². The number of rotatable bonds is 5. The molecule has 1 aromatic carbocycles. The van der Waals surface area contributed by atoms with Crippen molar-refractivity contribution < 1.29 is 9.53 Å². The zero-order valence-electron chi connectivity index (χ0n) is 15.9. The van der Waals surface area contributed by atoms with Crippen LogP contribution in [0, 0.1) is 13.8 Å². The number of hydrogen-bond donors (Lipinski definition) is 1. The van der Waals surface area contributed by atoms with Crippen LogP contribution in [-0.2, 0) is 6.61 Å². The Morgan fingerprint density at radius 3 is 2.90 bits per heavy atom. The number of aromatic nitrogens is 4. The molecule has 0 aliphatic carbocycles. The summed E-state index contributed by atoms with van der Waals surface area (Å²) in [4.78, 5) is 25.5. The van der Waals surface area contributed by atoms with Gasteiger partial charge in [-0.25, -0.2) is 9.97 Å². The minimum Gasteiger partial charge on any atom is -0.487 e. The van der Waals surface area contributed by atoms with Crippen LogP contribution in [0.3, 0.4) is 0 Å². The largest absolute Gasteiger partial charge is 0.487 e. The summed E-state index contributed by atoms with van der Waals surface area (Å²) in [6.45, 7) is 4.08. The van der Waals surface area contributed by atoms with Crippen LogP contribution in [0.2, 0.25) is 5.02 Å². The minimum atomic E-state index is -0.341. The van der Waals surface area contributed by atoms with Crippen molar-refractivity contribution in [1.29, 1.82) is 0 Å². The number of benzene rings is 1. The lowest BCUT2D eigenvalue weighted by Crippen LogP contribution is -2.14. The number of anilines is 1. The average molecular weight is 408 g/mol. The summed E-state index contributed by atoms with van der Waals surface area (Å²) >= 11 is 6.28. The number of imidazole rings is 1. The molecule has 8 heteroatoms. The molecule has 0 unspecified atom stereocenters. The summed E-state index contributed by atoms with van der Waals surface area (Å²) < 4.78 is 7.49. The van der Waals surface area contributed by atoms with E-state index >= 15 is 0 Å². The average Bonchev–Trinajstić information content (AvgIpc) is 3.13. The molecule has 0 saturated carbocycles. The number of nitrogens with one attached hydrogen (secondary N) is 1. The number of nitrogens with zero attached hydrogens (tertiary/aromatic N) is 4. The number of carbonyl (C=O) groups excluding carboxylic acids is 1. The Morgan fingerprint density at radius 2 is 2.10 bits per heavy atom. The maximum Gasteiger partial charge on any atom is 0.278 e. The molecule has 4 aromatic rings. The van der Waals surface area contributed by atoms with Gasteiger partial charge >= 0.3 is 0 Å². The van der Waals surface area contributed by atoms with E-state index in [1.165, 1.54) is 0 Å². The number of hydrogen-bond acceptors (Lipinski definition) is 5. The Morgan fingerprint density at radius 1 is 1.24 bits per heavy atom. The van der Waals surface area contributed by atoms with Crippen molar-refractivity contribution in [1.82, 2.24) is 19.4 Å². The van der Waals surface area contributed by atoms with Crippen LogP contribution in [0.4, 0.5) is 5.69 Å². The number of fused-ring (bicyclic) bond motifs is 1. The fraction of sp³-hybridized carbons (Fsp3) is 0.143. The lowest BCUT2D eigenvalue weighted by Gasteiger charge is -2.10. The van der Waals surface area contributed by atoms with E-state index in [4.69, 9.17) is 16.3 Å². The summed E-state index contributed by atoms with van der Waals surface area (Å²) in [7, 11) is 0. The fourth-order valence-electron chi connectivity index (χ4n) is 2.99. The van der Waals surface area contributed by atoms with Gasteiger partial charge in [-0.05, 0) is 50.2 Å². The molecule has 3 heterocycles. The lowest BCUT2D eigenvalue weighted by molar-refractivity contribution is 0.102. The van der Waals surface area contributed by atoms with Crippen molar-refractivity contribution in [3.8, 4) is 5.75 Å². The van der Waals surface area contributed by atoms with Crippen molar-refractivity contribution >= 4 is 28.8 Å². The molecule has 1 amide bonds. The monoisotopic (exact) mass is 407 g/mol. The maximum atomic E-state index is 12.8. The van der Waals surface area contributed by atoms with Crippen molar-refractivity contribution in [2.45, 2.75) is 20.5 Å². The van der Waals surface area contributed by atoms with Gasteiger partial charge in [0.2, 0.25) is 0 Å². The Balaban J connectivity index is 1.54. The molecule has 0 fully saturated rings. The van der Waals surface area contributed by atoms with E-state index < -0.39 is 0 Å². The number of halogens is 1. The molecule has 0 radical (unpaired) electrons. The van der Waals surface area contributed by atoms with Gasteiger partial charge in [-0.3, -0.25) is 14.2 Å². The zero-order chi connectivity index (χ0) is 20.4. The Bertz CT molecular complexity index is 1190. The van der Waals surface area contributed by atoms with Crippen LogP contribution in [-0.4, -0.2) is 25.3 Å². The molecule has 0 aliphatic rings. The van der Waals surface area contributed by atoms with Crippen LogP contribution in [0.25, 0.3) is 5.65 Å². The first-order valence-corrected chi connectivity index (χ1v) is 9.33. The Labute approximate surface area is 172 Å². The van der Waals surface area contributed by atoms with Gasteiger partial charge in [0.15, 0.2) is 11.3 Å². The van der Waals surface area contributed by atoms with E-state index in [1.807, 2.05) is 26.0 Å². The van der Waals surface area contributed by atoms with Crippen molar-refractivity contribution in [2.24, 2.45) is 0 Å². The van der Waals surface area contributed by atoms with E-state index in [0.29, 0.717) is 22.1 Å². The third kappa shape index (κ3) is 4.05. The topological polar surface area (TPSA) is 81.4 Å². The normalized spacial score (nSPS) is 10.9. The summed E-state index contributed by atoms with van der Waals surface area (Å²) in [6.07, 6.45) is 4.90. The number of pyridine rings is 1. The zero-order valence-corrected chi connectivity index (χ0v) is 16.6. The third-order valence-electron chi connectivity index (χ3n) is 4.37. The summed E-state index contributed by atoms with van der Waals surface area (Å²) in [5.74, 6) is 0.297. The van der Waals surface area contributed by atoms with Crippen LogP contribution in [0.1, 0.15) is 27.4 Å². The second kappa shape index (κ2) is 7.89. The quantitative estimate of drug-likeness (QED) is 0.535. The predicted octanol–water partition coefficient (Wildman–Crippen LogP) is 4.23. The van der Waals surface area contributed by atoms with Crippen molar-refractivity contribution in [3.05, 3.63) is 82.8 Å². The highest BCUT2D eigenvalue weighted by molar-refractivity contribution is 6.31. The molecule has 0 atom stereocenters. The number of amides is 1. The SMILES string of the molecule is Cc1cc(C)n2cnc(C(=O)Nc3ccc(Cl)c(COc4cccnc4)c3)c2n1. The molecule has 4 rings (SSSR count). The van der Waals surface area contributed by atoms with E-state index in [1.54, 1.807) is 47.4 Å². The van der Waals surface area contributed by atoms with E-state index in [0.717, 1.165) is 17.0 Å². The van der Waals surface area contributed by atoms with Crippen LogP contribution >= 0.6 is 11.6 Å².